The van der Waals surface area contributed by atoms with Gasteiger partial charge in [0.25, 0.3) is 11.8 Å². The first-order valence-corrected chi connectivity index (χ1v) is 10.8. The number of fused-ring (bicyclic) bond motifs is 1. The molecule has 9 nitrogen and oxygen atoms in total. The number of rotatable bonds is 7. The van der Waals surface area contributed by atoms with Crippen molar-refractivity contribution in [3.05, 3.63) is 29.3 Å². The van der Waals surface area contributed by atoms with E-state index in [1.807, 2.05) is 0 Å². The Bertz CT molecular complexity index is 896. The van der Waals surface area contributed by atoms with Gasteiger partial charge in [0, 0.05) is 19.0 Å². The van der Waals surface area contributed by atoms with Crippen LogP contribution in [0.5, 0.6) is 5.75 Å². The van der Waals surface area contributed by atoms with Crippen molar-refractivity contribution in [3.8, 4) is 5.75 Å². The molecule has 2 N–H and O–H groups in total. The van der Waals surface area contributed by atoms with E-state index in [4.69, 9.17) is 4.74 Å². The van der Waals surface area contributed by atoms with Gasteiger partial charge in [-0.25, -0.2) is 0 Å². The molecule has 0 bridgehead atoms. The van der Waals surface area contributed by atoms with Gasteiger partial charge in [-0.2, -0.15) is 0 Å². The number of carbonyl (C=O) groups is 4. The van der Waals surface area contributed by atoms with Gasteiger partial charge in [0.15, 0.2) is 0 Å². The first kappa shape index (κ1) is 21.5. The lowest BCUT2D eigenvalue weighted by Crippen LogP contribution is -2.54. The summed E-state index contributed by atoms with van der Waals surface area (Å²) in [5.74, 6) is -1.51. The van der Waals surface area contributed by atoms with Crippen LogP contribution in [0.3, 0.4) is 0 Å². The zero-order chi connectivity index (χ0) is 22.0. The van der Waals surface area contributed by atoms with Gasteiger partial charge in [-0.05, 0) is 64.0 Å². The molecule has 0 spiro atoms. The second kappa shape index (κ2) is 9.15. The number of hydrogen-bond acceptors (Lipinski definition) is 7. The number of carbonyl (C=O) groups excluding carboxylic acids is 4. The van der Waals surface area contributed by atoms with Gasteiger partial charge in [-0.15, -0.1) is 0 Å². The summed E-state index contributed by atoms with van der Waals surface area (Å²) in [5, 5.41) is 5.57. The highest BCUT2D eigenvalue weighted by Gasteiger charge is 2.44. The Morgan fingerprint density at radius 1 is 1.06 bits per heavy atom. The Labute approximate surface area is 181 Å². The largest absolute Gasteiger partial charge is 0.494 e. The predicted molar refractivity (Wildman–Crippen MR) is 112 cm³/mol. The van der Waals surface area contributed by atoms with Crippen LogP contribution in [-0.4, -0.2) is 78.8 Å². The predicted octanol–water partition coefficient (Wildman–Crippen LogP) is 0.541. The van der Waals surface area contributed by atoms with Crippen LogP contribution in [0.2, 0.25) is 0 Å². The van der Waals surface area contributed by atoms with Gasteiger partial charge in [-0.3, -0.25) is 29.4 Å². The maximum Gasteiger partial charge on any atom is 0.262 e. The van der Waals surface area contributed by atoms with Crippen LogP contribution in [0.4, 0.5) is 0 Å². The normalized spacial score (nSPS) is 22.1. The molecule has 0 radical (unpaired) electrons. The third-order valence-electron chi connectivity index (χ3n) is 6.27. The molecule has 0 aromatic heterocycles. The van der Waals surface area contributed by atoms with Gasteiger partial charge >= 0.3 is 0 Å². The minimum Gasteiger partial charge on any atom is -0.494 e. The quantitative estimate of drug-likeness (QED) is 0.482. The molecule has 4 amide bonds. The fourth-order valence-corrected chi connectivity index (χ4v) is 4.47. The number of piperidine rings is 2. The van der Waals surface area contributed by atoms with Crippen molar-refractivity contribution in [2.75, 3.05) is 33.3 Å². The van der Waals surface area contributed by atoms with Crippen molar-refractivity contribution in [2.45, 2.75) is 44.2 Å². The van der Waals surface area contributed by atoms with E-state index in [9.17, 15) is 19.2 Å². The minimum absolute atomic E-state index is 0.101. The number of hydrogen-bond donors (Lipinski definition) is 2. The lowest BCUT2D eigenvalue weighted by atomic mass is 10.0. The van der Waals surface area contributed by atoms with E-state index in [0.29, 0.717) is 18.4 Å². The van der Waals surface area contributed by atoms with Crippen LogP contribution >= 0.6 is 0 Å². The Hall–Kier alpha value is -2.78. The van der Waals surface area contributed by atoms with E-state index in [1.54, 1.807) is 18.2 Å². The monoisotopic (exact) mass is 428 g/mol. The fourth-order valence-electron chi connectivity index (χ4n) is 4.47. The van der Waals surface area contributed by atoms with Crippen molar-refractivity contribution < 1.29 is 23.9 Å². The second-order valence-corrected chi connectivity index (χ2v) is 8.32. The molecule has 9 heteroatoms. The molecule has 1 atom stereocenters. The number of nitrogens with one attached hydrogen (secondary N) is 2. The molecule has 1 aromatic rings. The third kappa shape index (κ3) is 4.47. The molecule has 166 valence electrons. The first-order chi connectivity index (χ1) is 15.0. The summed E-state index contributed by atoms with van der Waals surface area (Å²) in [6, 6.07) is 4.45. The molecular formula is C22H28N4O5. The summed E-state index contributed by atoms with van der Waals surface area (Å²) in [4.78, 5) is 52.4. The summed E-state index contributed by atoms with van der Waals surface area (Å²) < 4.78 is 5.82. The van der Waals surface area contributed by atoms with E-state index in [0.717, 1.165) is 43.8 Å². The summed E-state index contributed by atoms with van der Waals surface area (Å²) in [5.41, 5.74) is 0.492. The van der Waals surface area contributed by atoms with Gasteiger partial charge in [0.2, 0.25) is 11.8 Å². The molecule has 3 heterocycles. The Morgan fingerprint density at radius 2 is 1.81 bits per heavy atom. The second-order valence-electron chi connectivity index (χ2n) is 8.32. The van der Waals surface area contributed by atoms with Crippen LogP contribution in [0.1, 0.15) is 52.8 Å². The van der Waals surface area contributed by atoms with Gasteiger partial charge in [-0.1, -0.05) is 0 Å². The lowest BCUT2D eigenvalue weighted by molar-refractivity contribution is -0.136. The van der Waals surface area contributed by atoms with E-state index in [2.05, 4.69) is 22.6 Å². The van der Waals surface area contributed by atoms with Crippen molar-refractivity contribution in [3.63, 3.8) is 0 Å². The summed E-state index contributed by atoms with van der Waals surface area (Å²) >= 11 is 0. The highest BCUT2D eigenvalue weighted by Crippen LogP contribution is 2.30. The SMILES string of the molecule is CN(CCCOc1ccc2c(c1)C(=O)N(C1CCC(=O)NC1=O)C2=O)C1CCNCC1. The highest BCUT2D eigenvalue weighted by atomic mass is 16.5. The van der Waals surface area contributed by atoms with E-state index >= 15 is 0 Å². The molecule has 4 rings (SSSR count). The van der Waals surface area contributed by atoms with Crippen LogP contribution in [0.15, 0.2) is 18.2 Å². The van der Waals surface area contributed by atoms with Crippen LogP contribution < -0.4 is 15.4 Å². The van der Waals surface area contributed by atoms with Gasteiger partial charge < -0.3 is 15.0 Å². The van der Waals surface area contributed by atoms with E-state index in [1.165, 1.54) is 0 Å². The average Bonchev–Trinajstić information content (AvgIpc) is 3.02. The molecule has 3 aliphatic rings. The maximum atomic E-state index is 12.9. The van der Waals surface area contributed by atoms with Crippen molar-refractivity contribution >= 4 is 23.6 Å². The van der Waals surface area contributed by atoms with Crippen LogP contribution in [0, 0.1) is 0 Å². The maximum absolute atomic E-state index is 12.9. The molecule has 2 fully saturated rings. The van der Waals surface area contributed by atoms with Crippen molar-refractivity contribution in [2.24, 2.45) is 0 Å². The van der Waals surface area contributed by atoms with Crippen molar-refractivity contribution in [1.29, 1.82) is 0 Å². The lowest BCUT2D eigenvalue weighted by Gasteiger charge is -2.31. The smallest absolute Gasteiger partial charge is 0.262 e. The van der Waals surface area contributed by atoms with E-state index < -0.39 is 23.8 Å². The number of amides is 4. The zero-order valence-electron chi connectivity index (χ0n) is 17.7. The standard InChI is InChI=1S/C22H28N4O5/c1-25(14-7-9-23-10-8-14)11-2-12-31-15-3-4-16-17(13-15)22(30)26(21(16)29)18-5-6-19(27)24-20(18)28/h3-4,13-14,18,23H,2,5-12H2,1H3,(H,24,27,28). The molecule has 2 saturated heterocycles. The molecular weight excluding hydrogens is 400 g/mol. The number of nitrogens with zero attached hydrogens (tertiary/aromatic N) is 2. The summed E-state index contributed by atoms with van der Waals surface area (Å²) in [6.45, 7) is 3.55. The minimum atomic E-state index is -0.958. The molecule has 31 heavy (non-hydrogen) atoms. The number of imide groups is 2. The summed E-state index contributed by atoms with van der Waals surface area (Å²) in [7, 11) is 2.14. The first-order valence-electron chi connectivity index (χ1n) is 10.8. The molecule has 0 saturated carbocycles. The van der Waals surface area contributed by atoms with Crippen molar-refractivity contribution in [1.82, 2.24) is 20.4 Å². The van der Waals surface area contributed by atoms with Gasteiger partial charge in [0.05, 0.1) is 17.7 Å². The number of benzene rings is 1. The van der Waals surface area contributed by atoms with Gasteiger partial charge in [0.1, 0.15) is 11.8 Å². The molecule has 0 aliphatic carbocycles. The Balaban J connectivity index is 1.34. The molecule has 1 unspecified atom stereocenters. The zero-order valence-corrected chi connectivity index (χ0v) is 17.7. The summed E-state index contributed by atoms with van der Waals surface area (Å²) in [6.07, 6.45) is 3.41. The Kier molecular flexibility index (Phi) is 6.33. The van der Waals surface area contributed by atoms with Crippen LogP contribution in [-0.2, 0) is 9.59 Å². The Morgan fingerprint density at radius 3 is 2.55 bits per heavy atom. The van der Waals surface area contributed by atoms with Crippen LogP contribution in [0.25, 0.3) is 0 Å². The third-order valence-corrected chi connectivity index (χ3v) is 6.27. The fraction of sp³-hybridized carbons (Fsp3) is 0.545. The molecule has 1 aromatic carbocycles. The molecule has 3 aliphatic heterocycles. The topological polar surface area (TPSA) is 108 Å². The average molecular weight is 428 g/mol. The highest BCUT2D eigenvalue weighted by molar-refractivity contribution is 6.23. The number of ether oxygens (including phenoxy) is 1. The van der Waals surface area contributed by atoms with E-state index in [-0.39, 0.29) is 29.9 Å².